The van der Waals surface area contributed by atoms with Gasteiger partial charge in [-0.2, -0.15) is 0 Å². The Labute approximate surface area is 124 Å². The number of pyridine rings is 1. The normalized spacial score (nSPS) is 20.1. The molecule has 0 aromatic carbocycles. The molecule has 0 spiro atoms. The summed E-state index contributed by atoms with van der Waals surface area (Å²) < 4.78 is 1.75. The van der Waals surface area contributed by atoms with Crippen molar-refractivity contribution < 1.29 is 4.79 Å². The van der Waals surface area contributed by atoms with Crippen LogP contribution in [-0.2, 0) is 4.79 Å². The van der Waals surface area contributed by atoms with Crippen molar-refractivity contribution in [1.82, 2.24) is 14.6 Å². The molecule has 0 N–H and O–H groups in total. The number of thioether (sulfide) groups is 1. The van der Waals surface area contributed by atoms with E-state index in [4.69, 9.17) is 23.2 Å². The van der Waals surface area contributed by atoms with E-state index in [2.05, 4.69) is 10.2 Å². The maximum atomic E-state index is 11.9. The van der Waals surface area contributed by atoms with Gasteiger partial charge >= 0.3 is 0 Å². The van der Waals surface area contributed by atoms with Crippen LogP contribution in [0.25, 0.3) is 5.65 Å². The van der Waals surface area contributed by atoms with Crippen molar-refractivity contribution in [1.29, 1.82) is 0 Å². The van der Waals surface area contributed by atoms with Gasteiger partial charge in [0, 0.05) is 12.6 Å². The summed E-state index contributed by atoms with van der Waals surface area (Å²) in [6, 6.07) is 1.63. The van der Waals surface area contributed by atoms with Crippen LogP contribution in [0.2, 0.25) is 10.0 Å². The molecule has 2 aromatic heterocycles. The molecule has 19 heavy (non-hydrogen) atoms. The molecule has 0 amide bonds. The minimum Gasteiger partial charge on any atom is -0.298 e. The lowest BCUT2D eigenvalue weighted by Crippen LogP contribution is -2.21. The zero-order chi connectivity index (χ0) is 13.4. The Morgan fingerprint density at radius 2 is 2.16 bits per heavy atom. The van der Waals surface area contributed by atoms with Gasteiger partial charge in [-0.15, -0.1) is 10.2 Å². The average molecular weight is 316 g/mol. The van der Waals surface area contributed by atoms with E-state index in [1.165, 1.54) is 11.8 Å². The fourth-order valence-corrected chi connectivity index (χ4v) is 3.82. The third-order valence-corrected chi connectivity index (χ3v) is 4.90. The molecule has 1 aliphatic rings. The lowest BCUT2D eigenvalue weighted by molar-refractivity contribution is -0.119. The van der Waals surface area contributed by atoms with E-state index in [1.54, 1.807) is 16.7 Å². The number of aromatic nitrogens is 3. The molecule has 1 aliphatic carbocycles. The van der Waals surface area contributed by atoms with Crippen LogP contribution in [0, 0.1) is 0 Å². The molecular weight excluding hydrogens is 305 g/mol. The lowest BCUT2D eigenvalue weighted by atomic mass is 9.99. The Bertz CT molecular complexity index is 643. The van der Waals surface area contributed by atoms with E-state index in [0.29, 0.717) is 33.1 Å². The smallest absolute Gasteiger partial charge is 0.196 e. The number of Topliss-reactive ketones (excluding diaryl/α,β-unsaturated/α-hetero) is 1. The van der Waals surface area contributed by atoms with E-state index in [1.807, 2.05) is 0 Å². The maximum Gasteiger partial charge on any atom is 0.196 e. The van der Waals surface area contributed by atoms with Gasteiger partial charge in [0.15, 0.2) is 10.8 Å². The topological polar surface area (TPSA) is 47.3 Å². The molecule has 2 aromatic rings. The first kappa shape index (κ1) is 13.2. The molecule has 100 valence electrons. The SMILES string of the molecule is O=C1CCCC[C@H]1Sc1nnc2c(Cl)cc(Cl)cn12. The summed E-state index contributed by atoms with van der Waals surface area (Å²) in [5.41, 5.74) is 0.567. The highest BCUT2D eigenvalue weighted by Gasteiger charge is 2.25. The fourth-order valence-electron chi connectivity index (χ4n) is 2.19. The standard InChI is InChI=1S/C12H11Cl2N3OS/c13-7-5-8(14)11-15-16-12(17(11)6-7)19-10-4-2-1-3-9(10)18/h5-6,10H,1-4H2/t10-/m1/s1. The second kappa shape index (κ2) is 5.31. The van der Waals surface area contributed by atoms with Gasteiger partial charge in [0.2, 0.25) is 0 Å². The van der Waals surface area contributed by atoms with Gasteiger partial charge in [-0.1, -0.05) is 41.4 Å². The summed E-state index contributed by atoms with van der Waals surface area (Å²) in [4.78, 5) is 11.9. The zero-order valence-corrected chi connectivity index (χ0v) is 12.3. The van der Waals surface area contributed by atoms with E-state index in [-0.39, 0.29) is 5.25 Å². The molecule has 0 unspecified atom stereocenters. The minimum absolute atomic E-state index is 0.0288. The number of ketones is 1. The van der Waals surface area contributed by atoms with Gasteiger partial charge in [-0.3, -0.25) is 9.20 Å². The Morgan fingerprint density at radius 3 is 2.95 bits per heavy atom. The van der Waals surface area contributed by atoms with Crippen molar-refractivity contribution in [2.75, 3.05) is 0 Å². The van der Waals surface area contributed by atoms with Crippen molar-refractivity contribution in [2.24, 2.45) is 0 Å². The fraction of sp³-hybridized carbons (Fsp3) is 0.417. The molecule has 0 saturated heterocycles. The second-order valence-corrected chi connectivity index (χ2v) is 6.51. The van der Waals surface area contributed by atoms with Crippen LogP contribution < -0.4 is 0 Å². The van der Waals surface area contributed by atoms with Crippen LogP contribution in [0.3, 0.4) is 0 Å². The van der Waals surface area contributed by atoms with Crippen molar-refractivity contribution >= 4 is 46.4 Å². The molecule has 0 radical (unpaired) electrons. The molecule has 7 heteroatoms. The van der Waals surface area contributed by atoms with Crippen molar-refractivity contribution in [2.45, 2.75) is 36.1 Å². The monoisotopic (exact) mass is 315 g/mol. The first-order valence-corrected chi connectivity index (χ1v) is 7.68. The first-order valence-electron chi connectivity index (χ1n) is 6.04. The molecule has 4 nitrogen and oxygen atoms in total. The van der Waals surface area contributed by atoms with Crippen molar-refractivity contribution in [3.63, 3.8) is 0 Å². The predicted octanol–water partition coefficient (Wildman–Crippen LogP) is 3.64. The molecule has 0 aliphatic heterocycles. The van der Waals surface area contributed by atoms with Gasteiger partial charge in [0.25, 0.3) is 0 Å². The van der Waals surface area contributed by atoms with Crippen LogP contribution >= 0.6 is 35.0 Å². The third-order valence-electron chi connectivity index (χ3n) is 3.14. The van der Waals surface area contributed by atoms with Crippen LogP contribution in [0.15, 0.2) is 17.4 Å². The predicted molar refractivity (Wildman–Crippen MR) is 76.1 cm³/mol. The lowest BCUT2D eigenvalue weighted by Gasteiger charge is -2.18. The van der Waals surface area contributed by atoms with Crippen LogP contribution in [0.5, 0.6) is 0 Å². The summed E-state index contributed by atoms with van der Waals surface area (Å²) >= 11 is 13.5. The Kier molecular flexibility index (Phi) is 3.69. The summed E-state index contributed by atoms with van der Waals surface area (Å²) in [5.74, 6) is 0.293. The largest absolute Gasteiger partial charge is 0.298 e. The zero-order valence-electron chi connectivity index (χ0n) is 9.97. The third kappa shape index (κ3) is 2.59. The van der Waals surface area contributed by atoms with Crippen LogP contribution in [-0.4, -0.2) is 25.6 Å². The van der Waals surface area contributed by atoms with E-state index in [9.17, 15) is 4.79 Å². The second-order valence-electron chi connectivity index (χ2n) is 4.50. The highest BCUT2D eigenvalue weighted by molar-refractivity contribution is 8.00. The molecule has 3 rings (SSSR count). The van der Waals surface area contributed by atoms with Crippen molar-refractivity contribution in [3.8, 4) is 0 Å². The molecule has 0 bridgehead atoms. The van der Waals surface area contributed by atoms with Crippen LogP contribution in [0.1, 0.15) is 25.7 Å². The Balaban J connectivity index is 1.95. The van der Waals surface area contributed by atoms with Crippen LogP contribution in [0.4, 0.5) is 0 Å². The molecule has 2 heterocycles. The Hall–Kier alpha value is -0.780. The molecular formula is C12H11Cl2N3OS. The summed E-state index contributed by atoms with van der Waals surface area (Å²) in [7, 11) is 0. The molecule has 1 saturated carbocycles. The molecule has 1 fully saturated rings. The number of hydrogen-bond acceptors (Lipinski definition) is 4. The summed E-state index contributed by atoms with van der Waals surface area (Å²) in [6.45, 7) is 0. The van der Waals surface area contributed by atoms with E-state index in [0.717, 1.165) is 19.3 Å². The Morgan fingerprint density at radius 1 is 1.32 bits per heavy atom. The van der Waals surface area contributed by atoms with E-state index >= 15 is 0 Å². The highest BCUT2D eigenvalue weighted by atomic mass is 35.5. The summed E-state index contributed by atoms with van der Waals surface area (Å²) in [5, 5.41) is 9.77. The number of hydrogen-bond donors (Lipinski definition) is 0. The number of rotatable bonds is 2. The minimum atomic E-state index is -0.0288. The van der Waals surface area contributed by atoms with Gasteiger partial charge in [0.1, 0.15) is 5.78 Å². The number of halogens is 2. The first-order chi connectivity index (χ1) is 9.15. The molecule has 1 atom stereocenters. The number of carbonyl (C=O) groups is 1. The van der Waals surface area contributed by atoms with Crippen molar-refractivity contribution in [3.05, 3.63) is 22.3 Å². The number of fused-ring (bicyclic) bond motifs is 1. The van der Waals surface area contributed by atoms with Gasteiger partial charge in [-0.25, -0.2) is 0 Å². The van der Waals surface area contributed by atoms with E-state index < -0.39 is 0 Å². The maximum absolute atomic E-state index is 11.9. The number of nitrogens with zero attached hydrogens (tertiary/aromatic N) is 3. The summed E-state index contributed by atoms with van der Waals surface area (Å²) in [6.07, 6.45) is 5.36. The quantitative estimate of drug-likeness (QED) is 0.848. The van der Waals surface area contributed by atoms with Gasteiger partial charge in [-0.05, 0) is 18.9 Å². The number of carbonyl (C=O) groups excluding carboxylic acids is 1. The van der Waals surface area contributed by atoms with Gasteiger partial charge in [0.05, 0.1) is 15.3 Å². The van der Waals surface area contributed by atoms with Gasteiger partial charge < -0.3 is 0 Å². The average Bonchev–Trinajstić information content (AvgIpc) is 2.76. The highest BCUT2D eigenvalue weighted by Crippen LogP contribution is 2.32.